The Labute approximate surface area is 182 Å². The molecule has 0 bridgehead atoms. The van der Waals surface area contributed by atoms with E-state index in [2.05, 4.69) is 15.3 Å². The molecule has 154 valence electrons. The lowest BCUT2D eigenvalue weighted by Crippen LogP contribution is -2.31. The molecular formula is C22H21N3O3S2. The van der Waals surface area contributed by atoms with Crippen molar-refractivity contribution in [3.63, 3.8) is 0 Å². The standard InChI is InChI=1S/C22H21N3O3S2/c1-3-28-21(27)16-15(14-11-8-12-30-14)17-19(24-22(29-4-2)25-20(17)26)23-18(16)13-9-6-5-7-10-13/h5-12,15H,3-4H2,1-2H3,(H2,23,24,25,26). The van der Waals surface area contributed by atoms with Gasteiger partial charge in [-0.1, -0.05) is 55.1 Å². The van der Waals surface area contributed by atoms with Gasteiger partial charge in [0.2, 0.25) is 0 Å². The summed E-state index contributed by atoms with van der Waals surface area (Å²) in [5.74, 6) is 0.248. The maximum atomic E-state index is 13.1. The molecule has 1 atom stereocenters. The highest BCUT2D eigenvalue weighted by atomic mass is 32.2. The summed E-state index contributed by atoms with van der Waals surface area (Å²) in [5, 5.41) is 5.76. The first-order chi connectivity index (χ1) is 14.6. The van der Waals surface area contributed by atoms with E-state index in [1.165, 1.54) is 23.1 Å². The molecule has 1 aliphatic heterocycles. The second-order valence-electron chi connectivity index (χ2n) is 6.51. The van der Waals surface area contributed by atoms with Gasteiger partial charge in [0, 0.05) is 4.88 Å². The third-order valence-corrected chi connectivity index (χ3v) is 6.38. The van der Waals surface area contributed by atoms with Gasteiger partial charge in [0.05, 0.1) is 29.4 Å². The Morgan fingerprint density at radius 2 is 2.00 bits per heavy atom. The smallest absolute Gasteiger partial charge is 0.337 e. The number of nitrogens with one attached hydrogen (secondary N) is 2. The molecule has 3 heterocycles. The molecule has 0 saturated carbocycles. The van der Waals surface area contributed by atoms with E-state index in [1.807, 2.05) is 54.8 Å². The zero-order valence-corrected chi connectivity index (χ0v) is 18.2. The number of nitrogens with zero attached hydrogens (tertiary/aromatic N) is 1. The van der Waals surface area contributed by atoms with Crippen molar-refractivity contribution >= 4 is 40.6 Å². The van der Waals surface area contributed by atoms with Crippen LogP contribution in [0.4, 0.5) is 5.82 Å². The molecule has 0 amide bonds. The van der Waals surface area contributed by atoms with E-state index in [0.29, 0.717) is 27.8 Å². The number of thiophene rings is 1. The molecule has 4 rings (SSSR count). The van der Waals surface area contributed by atoms with Crippen LogP contribution in [-0.2, 0) is 9.53 Å². The molecule has 0 fully saturated rings. The quantitative estimate of drug-likeness (QED) is 0.335. The number of carbonyl (C=O) groups is 1. The summed E-state index contributed by atoms with van der Waals surface area (Å²) in [6.45, 7) is 4.02. The minimum absolute atomic E-state index is 0.245. The lowest BCUT2D eigenvalue weighted by atomic mass is 9.84. The zero-order valence-electron chi connectivity index (χ0n) is 16.6. The van der Waals surface area contributed by atoms with Gasteiger partial charge >= 0.3 is 5.97 Å². The average Bonchev–Trinajstić information content (AvgIpc) is 3.28. The SMILES string of the molecule is CCOC(=O)C1=C(c2ccccc2)Nc2nc(SCC)[nH]c(=O)c2C1c1cccs1. The lowest BCUT2D eigenvalue weighted by molar-refractivity contribution is -0.138. The number of thioether (sulfide) groups is 1. The summed E-state index contributed by atoms with van der Waals surface area (Å²) in [6, 6.07) is 13.4. The van der Waals surface area contributed by atoms with Crippen LogP contribution in [0.2, 0.25) is 0 Å². The van der Waals surface area contributed by atoms with E-state index in [9.17, 15) is 9.59 Å². The Kier molecular flexibility index (Phi) is 6.06. The largest absolute Gasteiger partial charge is 0.463 e. The molecule has 30 heavy (non-hydrogen) atoms. The Bertz CT molecular complexity index is 1140. The fourth-order valence-corrected chi connectivity index (χ4v) is 4.94. The van der Waals surface area contributed by atoms with Crippen LogP contribution in [0.15, 0.2) is 63.4 Å². The number of rotatable bonds is 6. The number of hydrogen-bond donors (Lipinski definition) is 2. The van der Waals surface area contributed by atoms with Gasteiger partial charge in [-0.25, -0.2) is 9.78 Å². The molecule has 1 aliphatic rings. The first-order valence-corrected chi connectivity index (χ1v) is 11.5. The topological polar surface area (TPSA) is 84.1 Å². The van der Waals surface area contributed by atoms with Crippen molar-refractivity contribution in [1.29, 1.82) is 0 Å². The van der Waals surface area contributed by atoms with Gasteiger partial charge < -0.3 is 15.0 Å². The minimum Gasteiger partial charge on any atom is -0.463 e. The van der Waals surface area contributed by atoms with Crippen molar-refractivity contribution in [1.82, 2.24) is 9.97 Å². The van der Waals surface area contributed by atoms with Crippen molar-refractivity contribution in [2.24, 2.45) is 0 Å². The van der Waals surface area contributed by atoms with E-state index < -0.39 is 11.9 Å². The molecule has 1 unspecified atom stereocenters. The van der Waals surface area contributed by atoms with Crippen LogP contribution >= 0.6 is 23.1 Å². The average molecular weight is 440 g/mol. The Morgan fingerprint density at radius 3 is 2.67 bits per heavy atom. The first-order valence-electron chi connectivity index (χ1n) is 9.68. The summed E-state index contributed by atoms with van der Waals surface area (Å²) in [4.78, 5) is 34.6. The van der Waals surface area contributed by atoms with Crippen molar-refractivity contribution < 1.29 is 9.53 Å². The van der Waals surface area contributed by atoms with Gasteiger partial charge in [-0.3, -0.25) is 4.79 Å². The number of aromatic amines is 1. The first kappa shape index (κ1) is 20.4. The van der Waals surface area contributed by atoms with Crippen LogP contribution in [0.1, 0.15) is 35.8 Å². The van der Waals surface area contributed by atoms with Crippen molar-refractivity contribution in [2.45, 2.75) is 24.9 Å². The Hall–Kier alpha value is -2.84. The maximum absolute atomic E-state index is 13.1. The predicted molar refractivity (Wildman–Crippen MR) is 121 cm³/mol. The number of fused-ring (bicyclic) bond motifs is 1. The Morgan fingerprint density at radius 1 is 1.20 bits per heavy atom. The van der Waals surface area contributed by atoms with Crippen molar-refractivity contribution in [2.75, 3.05) is 17.7 Å². The maximum Gasteiger partial charge on any atom is 0.337 e. The number of hydrogen-bond acceptors (Lipinski definition) is 7. The van der Waals surface area contributed by atoms with Crippen LogP contribution in [0.25, 0.3) is 5.70 Å². The van der Waals surface area contributed by atoms with E-state index >= 15 is 0 Å². The van der Waals surface area contributed by atoms with Crippen LogP contribution in [0.5, 0.6) is 0 Å². The number of H-pyrrole nitrogens is 1. The van der Waals surface area contributed by atoms with E-state index in [-0.39, 0.29) is 12.2 Å². The molecule has 0 saturated heterocycles. The lowest BCUT2D eigenvalue weighted by Gasteiger charge is -2.29. The molecule has 0 aliphatic carbocycles. The highest BCUT2D eigenvalue weighted by Crippen LogP contribution is 2.44. The molecule has 8 heteroatoms. The van der Waals surface area contributed by atoms with Gasteiger partial charge in [0.25, 0.3) is 5.56 Å². The van der Waals surface area contributed by atoms with Gasteiger partial charge in [-0.2, -0.15) is 0 Å². The van der Waals surface area contributed by atoms with E-state index in [1.54, 1.807) is 6.92 Å². The van der Waals surface area contributed by atoms with Crippen LogP contribution < -0.4 is 10.9 Å². The highest BCUT2D eigenvalue weighted by Gasteiger charge is 2.38. The second kappa shape index (κ2) is 8.89. The number of ether oxygens (including phenoxy) is 1. The highest BCUT2D eigenvalue weighted by molar-refractivity contribution is 7.99. The third kappa shape index (κ3) is 3.80. The summed E-state index contributed by atoms with van der Waals surface area (Å²) in [5.41, 5.74) is 2.04. The molecule has 0 radical (unpaired) electrons. The van der Waals surface area contributed by atoms with E-state index in [0.717, 1.165) is 16.2 Å². The second-order valence-corrected chi connectivity index (χ2v) is 8.75. The number of aromatic nitrogens is 2. The molecule has 0 spiro atoms. The number of esters is 1. The molecular weight excluding hydrogens is 418 g/mol. The monoisotopic (exact) mass is 439 g/mol. The predicted octanol–water partition coefficient (Wildman–Crippen LogP) is 4.48. The zero-order chi connectivity index (χ0) is 21.1. The number of anilines is 1. The van der Waals surface area contributed by atoms with Gasteiger partial charge in [0.1, 0.15) is 5.82 Å². The number of benzene rings is 1. The van der Waals surface area contributed by atoms with Crippen molar-refractivity contribution in [3.8, 4) is 0 Å². The van der Waals surface area contributed by atoms with Crippen LogP contribution in [0, 0.1) is 0 Å². The van der Waals surface area contributed by atoms with Crippen molar-refractivity contribution in [3.05, 3.63) is 79.8 Å². The fraction of sp³-hybridized carbons (Fsp3) is 0.227. The van der Waals surface area contributed by atoms with Crippen LogP contribution in [-0.4, -0.2) is 28.3 Å². The molecule has 2 aromatic heterocycles. The molecule has 6 nitrogen and oxygen atoms in total. The summed E-state index contributed by atoms with van der Waals surface area (Å²) < 4.78 is 5.41. The summed E-state index contributed by atoms with van der Waals surface area (Å²) in [7, 11) is 0. The minimum atomic E-state index is -0.563. The number of carbonyl (C=O) groups excluding carboxylic acids is 1. The van der Waals surface area contributed by atoms with Gasteiger partial charge in [-0.15, -0.1) is 11.3 Å². The fourth-order valence-electron chi connectivity index (χ4n) is 3.51. The van der Waals surface area contributed by atoms with Gasteiger partial charge in [-0.05, 0) is 29.7 Å². The summed E-state index contributed by atoms with van der Waals surface area (Å²) in [6.07, 6.45) is 0. The van der Waals surface area contributed by atoms with E-state index in [4.69, 9.17) is 4.74 Å². The molecule has 3 aromatic rings. The summed E-state index contributed by atoms with van der Waals surface area (Å²) >= 11 is 2.96. The molecule has 1 aromatic carbocycles. The van der Waals surface area contributed by atoms with Crippen LogP contribution in [0.3, 0.4) is 0 Å². The third-order valence-electron chi connectivity index (χ3n) is 4.69. The molecule has 2 N–H and O–H groups in total. The van der Waals surface area contributed by atoms with Gasteiger partial charge in [0.15, 0.2) is 5.16 Å². The normalized spacial score (nSPS) is 15.5. The Balaban J connectivity index is 2.00.